The predicted molar refractivity (Wildman–Crippen MR) is 92.7 cm³/mol. The fourth-order valence-corrected chi connectivity index (χ4v) is 3.25. The van der Waals surface area contributed by atoms with Crippen molar-refractivity contribution in [2.24, 2.45) is 0 Å². The predicted octanol–water partition coefficient (Wildman–Crippen LogP) is 4.17. The average Bonchev–Trinajstić information content (AvgIpc) is 3.24. The first-order valence-corrected chi connectivity index (χ1v) is 8.55. The van der Waals surface area contributed by atoms with Gasteiger partial charge in [0.25, 0.3) is 5.91 Å². The summed E-state index contributed by atoms with van der Waals surface area (Å²) in [4.78, 5) is 16.1. The quantitative estimate of drug-likeness (QED) is 0.683. The minimum Gasteiger partial charge on any atom is -0.305 e. The number of carbonyl (C=O) groups excluding carboxylic acids is 1. The lowest BCUT2D eigenvalue weighted by Crippen LogP contribution is -2.17. The van der Waals surface area contributed by atoms with Crippen molar-refractivity contribution in [1.29, 1.82) is 0 Å². The number of nitrogens with one attached hydrogen (secondary N) is 1. The van der Waals surface area contributed by atoms with Gasteiger partial charge in [-0.15, -0.1) is 0 Å². The summed E-state index contributed by atoms with van der Waals surface area (Å²) in [5.41, 5.74) is 1.24. The number of aromatic nitrogens is 3. The summed E-state index contributed by atoms with van der Waals surface area (Å²) in [5, 5.41) is 6.72. The van der Waals surface area contributed by atoms with Gasteiger partial charge in [-0.05, 0) is 55.7 Å². The second-order valence-corrected chi connectivity index (χ2v) is 6.38. The molecule has 0 bridgehead atoms. The second kappa shape index (κ2) is 6.74. The molecule has 5 nitrogen and oxygen atoms in total. The Balaban J connectivity index is 1.66. The molecule has 0 radical (unpaired) electrons. The van der Waals surface area contributed by atoms with Crippen LogP contribution in [0, 0.1) is 5.82 Å². The molecule has 1 N–H and O–H groups in total. The fourth-order valence-electron chi connectivity index (χ4n) is 3.25. The van der Waals surface area contributed by atoms with Crippen LogP contribution < -0.4 is 5.32 Å². The molecule has 0 aliphatic heterocycles. The van der Waals surface area contributed by atoms with Gasteiger partial charge >= 0.3 is 6.18 Å². The Hall–Kier alpha value is -3.23. The van der Waals surface area contributed by atoms with E-state index in [4.69, 9.17) is 0 Å². The first-order valence-electron chi connectivity index (χ1n) is 8.55. The average molecular weight is 390 g/mol. The molecular formula is C19H14F4N4O. The van der Waals surface area contributed by atoms with Crippen LogP contribution in [0.4, 0.5) is 23.4 Å². The number of pyridine rings is 1. The molecular weight excluding hydrogens is 376 g/mol. The molecule has 0 saturated heterocycles. The highest BCUT2D eigenvalue weighted by molar-refractivity contribution is 6.03. The number of hydrogen-bond donors (Lipinski definition) is 1. The topological polar surface area (TPSA) is 59.8 Å². The Morgan fingerprint density at radius 3 is 2.54 bits per heavy atom. The third kappa shape index (κ3) is 3.35. The zero-order valence-electron chi connectivity index (χ0n) is 14.4. The van der Waals surface area contributed by atoms with Gasteiger partial charge in [-0.1, -0.05) is 6.07 Å². The molecule has 0 saturated carbocycles. The first kappa shape index (κ1) is 18.1. The maximum Gasteiger partial charge on any atom is 0.433 e. The maximum atomic E-state index is 13.2. The molecule has 28 heavy (non-hydrogen) atoms. The summed E-state index contributed by atoms with van der Waals surface area (Å²) >= 11 is 0. The van der Waals surface area contributed by atoms with Crippen molar-refractivity contribution in [2.45, 2.75) is 25.4 Å². The van der Waals surface area contributed by atoms with Crippen LogP contribution >= 0.6 is 0 Å². The van der Waals surface area contributed by atoms with Gasteiger partial charge in [0, 0.05) is 11.3 Å². The van der Waals surface area contributed by atoms with Crippen LogP contribution in [0.25, 0.3) is 5.69 Å². The highest BCUT2D eigenvalue weighted by atomic mass is 19.4. The lowest BCUT2D eigenvalue weighted by Gasteiger charge is -2.08. The van der Waals surface area contributed by atoms with Crippen LogP contribution in [-0.2, 0) is 19.0 Å². The van der Waals surface area contributed by atoms with Crippen molar-refractivity contribution in [3.63, 3.8) is 0 Å². The highest BCUT2D eigenvalue weighted by Crippen LogP contribution is 2.30. The molecule has 144 valence electrons. The molecule has 0 unspecified atom stereocenters. The number of amides is 1. The van der Waals surface area contributed by atoms with E-state index in [1.165, 1.54) is 24.3 Å². The van der Waals surface area contributed by atoms with Crippen LogP contribution in [0.2, 0.25) is 0 Å². The van der Waals surface area contributed by atoms with E-state index in [2.05, 4.69) is 15.4 Å². The van der Waals surface area contributed by atoms with Gasteiger partial charge in [-0.2, -0.15) is 18.3 Å². The van der Waals surface area contributed by atoms with Gasteiger partial charge in [0.05, 0.1) is 5.69 Å². The summed E-state index contributed by atoms with van der Waals surface area (Å²) in [5.74, 6) is -1.23. The van der Waals surface area contributed by atoms with Crippen molar-refractivity contribution >= 4 is 11.7 Å². The number of rotatable bonds is 3. The van der Waals surface area contributed by atoms with Crippen LogP contribution in [0.15, 0.2) is 42.5 Å². The number of halogens is 4. The van der Waals surface area contributed by atoms with Crippen molar-refractivity contribution in [3.8, 4) is 5.69 Å². The number of benzene rings is 1. The molecule has 3 aromatic rings. The zero-order valence-corrected chi connectivity index (χ0v) is 14.4. The molecule has 9 heteroatoms. The fraction of sp³-hybridized carbons (Fsp3) is 0.211. The molecule has 2 heterocycles. The Bertz CT molecular complexity index is 1040. The van der Waals surface area contributed by atoms with E-state index in [-0.39, 0.29) is 17.3 Å². The van der Waals surface area contributed by atoms with Crippen molar-refractivity contribution in [2.75, 3.05) is 5.32 Å². The lowest BCUT2D eigenvalue weighted by molar-refractivity contribution is -0.141. The monoisotopic (exact) mass is 390 g/mol. The van der Waals surface area contributed by atoms with Gasteiger partial charge in [0.2, 0.25) is 0 Å². The number of anilines is 1. The number of carbonyl (C=O) groups is 1. The zero-order chi connectivity index (χ0) is 19.9. The molecule has 2 aromatic heterocycles. The van der Waals surface area contributed by atoms with Crippen LogP contribution in [0.3, 0.4) is 0 Å². The van der Waals surface area contributed by atoms with Gasteiger partial charge in [0.1, 0.15) is 17.3 Å². The normalized spacial score (nSPS) is 13.4. The first-order chi connectivity index (χ1) is 13.3. The second-order valence-electron chi connectivity index (χ2n) is 6.38. The van der Waals surface area contributed by atoms with Gasteiger partial charge in [0.15, 0.2) is 5.69 Å². The Morgan fingerprint density at radius 2 is 1.82 bits per heavy atom. The van der Waals surface area contributed by atoms with Crippen LogP contribution in [-0.4, -0.2) is 20.7 Å². The van der Waals surface area contributed by atoms with E-state index in [0.717, 1.165) is 23.7 Å². The Morgan fingerprint density at radius 1 is 1.07 bits per heavy atom. The van der Waals surface area contributed by atoms with Gasteiger partial charge in [-0.3, -0.25) is 4.79 Å². The number of alkyl halides is 3. The standard InChI is InChI=1S/C19H14F4N4O/c20-11-7-9-12(10-8-11)27-14-4-1-3-13(14)17(26-27)18(28)25-16-6-2-5-15(24-16)19(21,22)23/h2,5-10H,1,3-4H2,(H,24,25,28). The van der Waals surface area contributed by atoms with E-state index >= 15 is 0 Å². The van der Waals surface area contributed by atoms with E-state index in [1.54, 1.807) is 16.8 Å². The number of nitrogens with zero attached hydrogens (tertiary/aromatic N) is 3. The highest BCUT2D eigenvalue weighted by Gasteiger charge is 2.33. The van der Waals surface area contributed by atoms with E-state index in [1.807, 2.05) is 0 Å². The summed E-state index contributed by atoms with van der Waals surface area (Å²) in [6.45, 7) is 0. The van der Waals surface area contributed by atoms with E-state index in [9.17, 15) is 22.4 Å². The Labute approximate surface area is 157 Å². The minimum absolute atomic E-state index is 0.135. The smallest absolute Gasteiger partial charge is 0.305 e. The lowest BCUT2D eigenvalue weighted by atomic mass is 10.2. The molecule has 1 aromatic carbocycles. The third-order valence-electron chi connectivity index (χ3n) is 4.50. The van der Waals surface area contributed by atoms with Gasteiger partial charge < -0.3 is 5.32 Å². The number of hydrogen-bond acceptors (Lipinski definition) is 3. The molecule has 0 fully saturated rings. The molecule has 4 rings (SSSR count). The van der Waals surface area contributed by atoms with Crippen LogP contribution in [0.1, 0.15) is 33.9 Å². The van der Waals surface area contributed by atoms with Gasteiger partial charge in [-0.25, -0.2) is 14.1 Å². The SMILES string of the molecule is O=C(Nc1cccc(C(F)(F)F)n1)c1nn(-c2ccc(F)cc2)c2c1CCC2. The molecule has 1 aliphatic rings. The maximum absolute atomic E-state index is 13.2. The summed E-state index contributed by atoms with van der Waals surface area (Å²) in [7, 11) is 0. The molecule has 0 atom stereocenters. The molecule has 0 spiro atoms. The van der Waals surface area contributed by atoms with E-state index in [0.29, 0.717) is 18.5 Å². The van der Waals surface area contributed by atoms with Crippen LogP contribution in [0.5, 0.6) is 0 Å². The Kier molecular flexibility index (Phi) is 4.37. The minimum atomic E-state index is -4.61. The summed E-state index contributed by atoms with van der Waals surface area (Å²) < 4.78 is 53.2. The summed E-state index contributed by atoms with van der Waals surface area (Å²) in [6, 6.07) is 8.98. The summed E-state index contributed by atoms with van der Waals surface area (Å²) in [6.07, 6.45) is -2.44. The third-order valence-corrected chi connectivity index (χ3v) is 4.50. The number of fused-ring (bicyclic) bond motifs is 1. The molecule has 1 aliphatic carbocycles. The van der Waals surface area contributed by atoms with Crippen molar-refractivity contribution in [1.82, 2.24) is 14.8 Å². The van der Waals surface area contributed by atoms with E-state index < -0.39 is 17.8 Å². The largest absolute Gasteiger partial charge is 0.433 e. The van der Waals surface area contributed by atoms with Crippen molar-refractivity contribution < 1.29 is 22.4 Å². The molecule has 1 amide bonds. The van der Waals surface area contributed by atoms with Crippen molar-refractivity contribution in [3.05, 3.63) is 70.9 Å².